The summed E-state index contributed by atoms with van der Waals surface area (Å²) in [5.41, 5.74) is 2.48. The summed E-state index contributed by atoms with van der Waals surface area (Å²) in [6.07, 6.45) is 0.0767. The lowest BCUT2D eigenvalue weighted by molar-refractivity contribution is -0.121. The van der Waals surface area contributed by atoms with Crippen molar-refractivity contribution in [3.8, 4) is 0 Å². The number of nitrogens with zero attached hydrogens (tertiary/aromatic N) is 1. The van der Waals surface area contributed by atoms with E-state index in [9.17, 15) is 9.59 Å². The molecule has 1 saturated heterocycles. The highest BCUT2D eigenvalue weighted by Crippen LogP contribution is 2.34. The van der Waals surface area contributed by atoms with Gasteiger partial charge in [-0.1, -0.05) is 48.2 Å². The average molecular weight is 435 g/mol. The van der Waals surface area contributed by atoms with E-state index in [2.05, 4.69) is 21.2 Å². The van der Waals surface area contributed by atoms with Gasteiger partial charge < -0.3 is 5.32 Å². The first-order chi connectivity index (χ1) is 12.0. The van der Waals surface area contributed by atoms with Gasteiger partial charge in [-0.2, -0.15) is 0 Å². The number of thioether (sulfide) groups is 1. The van der Waals surface area contributed by atoms with E-state index in [1.807, 2.05) is 49.4 Å². The van der Waals surface area contributed by atoms with Gasteiger partial charge in [0.05, 0.1) is 11.4 Å². The van der Waals surface area contributed by atoms with Crippen LogP contribution in [0.5, 0.6) is 0 Å². The van der Waals surface area contributed by atoms with Gasteiger partial charge in [-0.15, -0.1) is 0 Å². The summed E-state index contributed by atoms with van der Waals surface area (Å²) in [6, 6.07) is 15.0. The van der Waals surface area contributed by atoms with E-state index in [-0.39, 0.29) is 18.2 Å². The molecule has 4 nitrogen and oxygen atoms in total. The van der Waals surface area contributed by atoms with Crippen LogP contribution in [0.4, 0.5) is 11.4 Å². The molecule has 0 aromatic heterocycles. The Morgan fingerprint density at radius 3 is 2.76 bits per heavy atom. The molecule has 0 bridgehead atoms. The molecule has 128 valence electrons. The predicted octanol–water partition coefficient (Wildman–Crippen LogP) is 4.52. The number of aryl methyl sites for hydroxylation is 1. The van der Waals surface area contributed by atoms with E-state index in [0.717, 1.165) is 15.7 Å². The van der Waals surface area contributed by atoms with Gasteiger partial charge in [0, 0.05) is 10.9 Å². The van der Waals surface area contributed by atoms with E-state index in [4.69, 9.17) is 12.2 Å². The number of rotatable bonds is 4. The Balaban J connectivity index is 1.70. The minimum atomic E-state index is -0.504. The number of carbonyl (C=O) groups excluding carboxylic acids is 2. The molecule has 1 aliphatic rings. The quantitative estimate of drug-likeness (QED) is 0.718. The minimum absolute atomic E-state index is 0.0767. The topological polar surface area (TPSA) is 49.4 Å². The normalized spacial score (nSPS) is 17.0. The number of halogens is 1. The van der Waals surface area contributed by atoms with Crippen LogP contribution in [0.15, 0.2) is 53.0 Å². The summed E-state index contributed by atoms with van der Waals surface area (Å²) in [6.45, 7) is 1.96. The maximum atomic E-state index is 12.7. The smallest absolute Gasteiger partial charge is 0.246 e. The molecular formula is C18H15BrN2O2S2. The molecule has 1 atom stereocenters. The summed E-state index contributed by atoms with van der Waals surface area (Å²) in [7, 11) is 0. The lowest BCUT2D eigenvalue weighted by atomic mass is 10.2. The zero-order chi connectivity index (χ0) is 18.0. The van der Waals surface area contributed by atoms with Crippen LogP contribution in [0.25, 0.3) is 0 Å². The molecule has 1 heterocycles. The second kappa shape index (κ2) is 7.68. The molecule has 1 aliphatic heterocycles. The Morgan fingerprint density at radius 2 is 2.04 bits per heavy atom. The zero-order valence-electron chi connectivity index (χ0n) is 13.4. The number of amides is 2. The Morgan fingerprint density at radius 1 is 1.28 bits per heavy atom. The molecule has 0 radical (unpaired) electrons. The zero-order valence-corrected chi connectivity index (χ0v) is 16.6. The Kier molecular flexibility index (Phi) is 5.56. The predicted molar refractivity (Wildman–Crippen MR) is 110 cm³/mol. The summed E-state index contributed by atoms with van der Waals surface area (Å²) in [5.74, 6) is -0.366. The van der Waals surface area contributed by atoms with Crippen LogP contribution >= 0.6 is 39.9 Å². The highest BCUT2D eigenvalue weighted by atomic mass is 79.9. The number of benzene rings is 2. The molecule has 3 rings (SSSR count). The van der Waals surface area contributed by atoms with Crippen LogP contribution < -0.4 is 10.2 Å². The van der Waals surface area contributed by atoms with Gasteiger partial charge in [0.25, 0.3) is 0 Å². The molecule has 2 aromatic carbocycles. The Bertz CT molecular complexity index is 856. The summed E-state index contributed by atoms with van der Waals surface area (Å²) in [4.78, 5) is 26.5. The standard InChI is InChI=1S/C18H15BrN2O2S2/c1-11-5-4-6-12(9-11)21-17(23)15(25-18(21)24)10-16(22)20-14-8-3-2-7-13(14)19/h2-9,15H,10H2,1H3,(H,20,22). The fourth-order valence-electron chi connectivity index (χ4n) is 2.52. The first-order valence-corrected chi connectivity index (χ1v) is 9.69. The van der Waals surface area contributed by atoms with Gasteiger partial charge in [0.15, 0.2) is 0 Å². The summed E-state index contributed by atoms with van der Waals surface area (Å²) < 4.78 is 1.28. The molecule has 0 spiro atoms. The number of para-hydroxylation sites is 1. The number of carbonyl (C=O) groups is 2. The maximum Gasteiger partial charge on any atom is 0.246 e. The van der Waals surface area contributed by atoms with Crippen molar-refractivity contribution in [3.63, 3.8) is 0 Å². The van der Waals surface area contributed by atoms with Crippen molar-refractivity contribution in [2.24, 2.45) is 0 Å². The van der Waals surface area contributed by atoms with Crippen LogP contribution in [0.1, 0.15) is 12.0 Å². The molecular weight excluding hydrogens is 420 g/mol. The van der Waals surface area contributed by atoms with Gasteiger partial charge in [-0.25, -0.2) is 0 Å². The van der Waals surface area contributed by atoms with Gasteiger partial charge in [-0.05, 0) is 52.7 Å². The monoisotopic (exact) mass is 434 g/mol. The number of hydrogen-bond acceptors (Lipinski definition) is 4. The van der Waals surface area contributed by atoms with Gasteiger partial charge in [0.1, 0.15) is 9.57 Å². The molecule has 2 aromatic rings. The van der Waals surface area contributed by atoms with Gasteiger partial charge >= 0.3 is 0 Å². The lowest BCUT2D eigenvalue weighted by Crippen LogP contribution is -2.32. The molecule has 1 fully saturated rings. The average Bonchev–Trinajstić information content (AvgIpc) is 2.83. The highest BCUT2D eigenvalue weighted by Gasteiger charge is 2.39. The number of nitrogens with one attached hydrogen (secondary N) is 1. The van der Waals surface area contributed by atoms with E-state index in [1.54, 1.807) is 6.07 Å². The molecule has 7 heteroatoms. The summed E-state index contributed by atoms with van der Waals surface area (Å²) in [5, 5.41) is 2.32. The molecule has 1 N–H and O–H groups in total. The molecule has 1 unspecified atom stereocenters. The van der Waals surface area contributed by atoms with Crippen LogP contribution in [0, 0.1) is 6.92 Å². The van der Waals surface area contributed by atoms with Crippen molar-refractivity contribution < 1.29 is 9.59 Å². The van der Waals surface area contributed by atoms with Gasteiger partial charge in [-0.3, -0.25) is 14.5 Å². The number of hydrogen-bond donors (Lipinski definition) is 1. The second-order valence-corrected chi connectivity index (χ2v) is 8.31. The SMILES string of the molecule is Cc1cccc(N2C(=O)C(CC(=O)Nc3ccccc3Br)SC2=S)c1. The molecule has 0 aliphatic carbocycles. The Hall–Kier alpha value is -1.70. The van der Waals surface area contributed by atoms with Crippen molar-refractivity contribution in [1.82, 2.24) is 0 Å². The number of anilines is 2. The van der Waals surface area contributed by atoms with Crippen LogP contribution in [0.2, 0.25) is 0 Å². The first kappa shape index (κ1) is 18.1. The fourth-order valence-corrected chi connectivity index (χ4v) is 4.43. The van der Waals surface area contributed by atoms with Crippen molar-refractivity contribution in [3.05, 3.63) is 58.6 Å². The second-order valence-electron chi connectivity index (χ2n) is 5.62. The van der Waals surface area contributed by atoms with Crippen LogP contribution in [-0.2, 0) is 9.59 Å². The van der Waals surface area contributed by atoms with E-state index >= 15 is 0 Å². The third kappa shape index (κ3) is 4.11. The van der Waals surface area contributed by atoms with Crippen molar-refractivity contribution in [2.75, 3.05) is 10.2 Å². The largest absolute Gasteiger partial charge is 0.325 e. The van der Waals surface area contributed by atoms with E-state index in [0.29, 0.717) is 10.0 Å². The fraction of sp³-hybridized carbons (Fsp3) is 0.167. The maximum absolute atomic E-state index is 12.7. The van der Waals surface area contributed by atoms with E-state index < -0.39 is 5.25 Å². The van der Waals surface area contributed by atoms with Crippen LogP contribution in [-0.4, -0.2) is 21.4 Å². The number of thiocarbonyl (C=S) groups is 1. The van der Waals surface area contributed by atoms with Crippen molar-refractivity contribution in [2.45, 2.75) is 18.6 Å². The third-order valence-electron chi connectivity index (χ3n) is 3.70. The van der Waals surface area contributed by atoms with Crippen LogP contribution in [0.3, 0.4) is 0 Å². The summed E-state index contributed by atoms with van der Waals surface area (Å²) >= 11 is 10.0. The molecule has 25 heavy (non-hydrogen) atoms. The third-order valence-corrected chi connectivity index (χ3v) is 5.90. The van der Waals surface area contributed by atoms with Crippen molar-refractivity contribution >= 4 is 67.4 Å². The molecule has 0 saturated carbocycles. The molecule has 2 amide bonds. The minimum Gasteiger partial charge on any atom is -0.325 e. The lowest BCUT2D eigenvalue weighted by Gasteiger charge is -2.16. The van der Waals surface area contributed by atoms with Gasteiger partial charge in [0.2, 0.25) is 11.8 Å². The Labute approximate surface area is 164 Å². The van der Waals surface area contributed by atoms with Crippen molar-refractivity contribution in [1.29, 1.82) is 0 Å². The first-order valence-electron chi connectivity index (χ1n) is 7.61. The van der Waals surface area contributed by atoms with E-state index in [1.165, 1.54) is 16.7 Å². The highest BCUT2D eigenvalue weighted by molar-refractivity contribution is 9.10.